The molecule has 0 radical (unpaired) electrons. The average Bonchev–Trinajstić information content (AvgIpc) is 2.94. The number of aromatic amines is 1. The van der Waals surface area contributed by atoms with Crippen molar-refractivity contribution in [2.45, 2.75) is 38.4 Å². The van der Waals surface area contributed by atoms with Crippen molar-refractivity contribution in [1.29, 1.82) is 0 Å². The molecule has 2 heterocycles. The molecule has 154 valence electrons. The second-order valence-corrected chi connectivity index (χ2v) is 7.37. The molecule has 0 spiro atoms. The fourth-order valence-electron chi connectivity index (χ4n) is 2.76. The van der Waals surface area contributed by atoms with Crippen LogP contribution in [-0.2, 0) is 23.3 Å². The Morgan fingerprint density at radius 1 is 1.30 bits per heavy atom. The topological polar surface area (TPSA) is 121 Å². The lowest BCUT2D eigenvalue weighted by molar-refractivity contribution is -0.0710. The summed E-state index contributed by atoms with van der Waals surface area (Å²) < 4.78 is 28.9. The van der Waals surface area contributed by atoms with Gasteiger partial charge < -0.3 is 28.4 Å². The van der Waals surface area contributed by atoms with E-state index in [0.717, 1.165) is 0 Å². The van der Waals surface area contributed by atoms with E-state index in [-0.39, 0.29) is 6.61 Å². The molecule has 1 aliphatic heterocycles. The lowest BCUT2D eigenvalue weighted by Crippen LogP contribution is -2.38. The number of H-pyrrole nitrogens is 1. The Kier molecular flexibility index (Phi) is 9.04. The van der Waals surface area contributed by atoms with Crippen molar-refractivity contribution in [2.24, 2.45) is 0 Å². The predicted molar refractivity (Wildman–Crippen MR) is 97.9 cm³/mol. The first-order chi connectivity index (χ1) is 13.0. The highest BCUT2D eigenvalue weighted by Crippen LogP contribution is 2.37. The lowest BCUT2D eigenvalue weighted by atomic mass is 10.1. The molecule has 1 aliphatic rings. The number of nitrogens with one attached hydrogen (secondary N) is 1. The molecule has 0 amide bonds. The number of ether oxygens (including phenoxy) is 3. The minimum Gasteiger partial charge on any atom is -0.387 e. The molecule has 0 aromatic carbocycles. The van der Waals surface area contributed by atoms with Gasteiger partial charge in [-0.15, -0.1) is 0 Å². The van der Waals surface area contributed by atoms with Gasteiger partial charge in [0.05, 0.1) is 26.4 Å². The van der Waals surface area contributed by atoms with Crippen molar-refractivity contribution in [3.63, 3.8) is 0 Å². The first-order valence-corrected chi connectivity index (χ1v) is 10.2. The highest BCUT2D eigenvalue weighted by atomic mass is 31.2. The molecule has 27 heavy (non-hydrogen) atoms. The summed E-state index contributed by atoms with van der Waals surface area (Å²) in [5, 5.41) is 10.4. The minimum atomic E-state index is -0.992. The molecule has 1 aromatic heterocycles. The van der Waals surface area contributed by atoms with Gasteiger partial charge in [-0.2, -0.15) is 0 Å². The van der Waals surface area contributed by atoms with Crippen LogP contribution in [0.1, 0.15) is 20.1 Å². The molecule has 2 N–H and O–H groups in total. The van der Waals surface area contributed by atoms with Crippen molar-refractivity contribution in [1.82, 2.24) is 9.55 Å². The van der Waals surface area contributed by atoms with E-state index in [1.807, 2.05) is 13.8 Å². The molecule has 0 saturated carbocycles. The Balaban J connectivity index is 1.93. The smallest absolute Gasteiger partial charge is 0.330 e. The van der Waals surface area contributed by atoms with Gasteiger partial charge in [-0.25, -0.2) is 4.79 Å². The number of hydrogen-bond donors (Lipinski definition) is 2. The summed E-state index contributed by atoms with van der Waals surface area (Å²) in [6.07, 6.45) is -1.39. The Bertz CT molecular complexity index is 675. The van der Waals surface area contributed by atoms with E-state index < -0.39 is 44.2 Å². The zero-order valence-electron chi connectivity index (χ0n) is 15.7. The number of rotatable bonds is 11. The van der Waals surface area contributed by atoms with E-state index in [4.69, 9.17) is 23.3 Å². The highest BCUT2D eigenvalue weighted by molar-refractivity contribution is 7.47. The third-order valence-corrected chi connectivity index (χ3v) is 5.60. The van der Waals surface area contributed by atoms with Crippen molar-refractivity contribution in [2.75, 3.05) is 39.7 Å². The monoisotopic (exact) mass is 406 g/mol. The summed E-state index contributed by atoms with van der Waals surface area (Å²) in [5.74, 6) is 0. The lowest BCUT2D eigenvalue weighted by Gasteiger charge is -2.19. The second kappa shape index (κ2) is 11.0. The molecule has 4 unspecified atom stereocenters. The molecule has 1 fully saturated rings. The van der Waals surface area contributed by atoms with Crippen molar-refractivity contribution < 1.29 is 28.4 Å². The van der Waals surface area contributed by atoms with Crippen LogP contribution < -0.4 is 11.2 Å². The van der Waals surface area contributed by atoms with Gasteiger partial charge in [0.25, 0.3) is 5.56 Å². The van der Waals surface area contributed by atoms with Crippen LogP contribution in [0.15, 0.2) is 21.9 Å². The molecular weight excluding hydrogens is 379 g/mol. The van der Waals surface area contributed by atoms with E-state index >= 15 is 0 Å². The van der Waals surface area contributed by atoms with Crippen LogP contribution in [0.2, 0.25) is 0 Å². The molecule has 1 aromatic rings. The Labute approximate surface area is 158 Å². The molecule has 11 heteroatoms. The van der Waals surface area contributed by atoms with Crippen molar-refractivity contribution in [3.05, 3.63) is 33.1 Å². The Hall–Kier alpha value is -1.13. The number of nitrogens with zero attached hydrogens (tertiary/aromatic N) is 1. The van der Waals surface area contributed by atoms with Crippen LogP contribution in [0.4, 0.5) is 0 Å². The summed E-state index contributed by atoms with van der Waals surface area (Å²) in [6.45, 7) is 5.46. The molecule has 2 rings (SSSR count). The summed E-state index contributed by atoms with van der Waals surface area (Å²) in [7, 11) is 0.426. The number of methoxy groups -OCH3 is 1. The van der Waals surface area contributed by atoms with Gasteiger partial charge in [0, 0.05) is 25.5 Å². The summed E-state index contributed by atoms with van der Waals surface area (Å²) >= 11 is 0. The van der Waals surface area contributed by atoms with Crippen LogP contribution in [-0.4, -0.2) is 72.7 Å². The van der Waals surface area contributed by atoms with E-state index in [1.54, 1.807) is 0 Å². The fraction of sp³-hybridized carbons (Fsp3) is 0.750. The third-order valence-electron chi connectivity index (χ3n) is 3.96. The molecule has 10 nitrogen and oxygen atoms in total. The normalized spacial score (nSPS) is 25.4. The van der Waals surface area contributed by atoms with Crippen LogP contribution in [0, 0.1) is 0 Å². The maximum absolute atomic E-state index is 12.0. The van der Waals surface area contributed by atoms with Crippen molar-refractivity contribution in [3.8, 4) is 0 Å². The average molecular weight is 406 g/mol. The molecular formula is C16H27N2O8P. The maximum Gasteiger partial charge on any atom is 0.330 e. The second-order valence-electron chi connectivity index (χ2n) is 5.74. The number of aliphatic hydroxyl groups excluding tert-OH is 1. The van der Waals surface area contributed by atoms with Gasteiger partial charge in [-0.3, -0.25) is 14.3 Å². The first-order valence-electron chi connectivity index (χ1n) is 8.80. The quantitative estimate of drug-likeness (QED) is 0.395. The van der Waals surface area contributed by atoms with Crippen LogP contribution >= 0.6 is 8.38 Å². The standard InChI is InChI=1S/C16H27N2O8P/c1-4-24-27(25-5-2)9-8-23-10-11-13(20)14(22-3)15(26-11)18-7-6-12(19)17-16(18)21/h6-7,11,13-15,20H,4-5,8-10H2,1-3H3,(H,17,19,21). The molecule has 4 atom stereocenters. The highest BCUT2D eigenvalue weighted by Gasteiger charge is 2.45. The zero-order valence-corrected chi connectivity index (χ0v) is 16.6. The van der Waals surface area contributed by atoms with Gasteiger partial charge in [-0.1, -0.05) is 0 Å². The largest absolute Gasteiger partial charge is 0.387 e. The van der Waals surface area contributed by atoms with Gasteiger partial charge >= 0.3 is 5.69 Å². The number of aliphatic hydroxyl groups is 1. The maximum atomic E-state index is 12.0. The van der Waals surface area contributed by atoms with E-state index in [9.17, 15) is 14.7 Å². The summed E-state index contributed by atoms with van der Waals surface area (Å²) in [6, 6.07) is 1.21. The van der Waals surface area contributed by atoms with Gasteiger partial charge in [0.15, 0.2) is 14.6 Å². The third kappa shape index (κ3) is 5.92. The number of hydrogen-bond acceptors (Lipinski definition) is 8. The van der Waals surface area contributed by atoms with Crippen LogP contribution in [0.5, 0.6) is 0 Å². The predicted octanol–water partition coefficient (Wildman–Crippen LogP) is 0.211. The van der Waals surface area contributed by atoms with E-state index in [2.05, 4.69) is 4.98 Å². The van der Waals surface area contributed by atoms with E-state index in [0.29, 0.717) is 26.0 Å². The Morgan fingerprint density at radius 3 is 2.59 bits per heavy atom. The van der Waals surface area contributed by atoms with Crippen molar-refractivity contribution >= 4 is 8.38 Å². The summed E-state index contributed by atoms with van der Waals surface area (Å²) in [4.78, 5) is 25.4. The minimum absolute atomic E-state index is 0.122. The van der Waals surface area contributed by atoms with Gasteiger partial charge in [0.1, 0.15) is 18.3 Å². The van der Waals surface area contributed by atoms with Crippen LogP contribution in [0.3, 0.4) is 0 Å². The van der Waals surface area contributed by atoms with Gasteiger partial charge in [0.2, 0.25) is 0 Å². The van der Waals surface area contributed by atoms with E-state index in [1.165, 1.54) is 23.9 Å². The number of aromatic nitrogens is 2. The summed E-state index contributed by atoms with van der Waals surface area (Å²) in [5.41, 5.74) is -1.15. The first kappa shape index (κ1) is 22.2. The van der Waals surface area contributed by atoms with Crippen LogP contribution in [0.25, 0.3) is 0 Å². The fourth-order valence-corrected chi connectivity index (χ4v) is 3.94. The molecule has 0 bridgehead atoms. The molecule has 1 saturated heterocycles. The molecule has 0 aliphatic carbocycles. The zero-order chi connectivity index (χ0) is 19.8. The Morgan fingerprint density at radius 2 is 2.00 bits per heavy atom. The van der Waals surface area contributed by atoms with Gasteiger partial charge in [-0.05, 0) is 13.8 Å². The SMILES string of the molecule is CCOP(CCOCC1OC(n2ccc(=O)[nH]c2=O)C(OC)C1O)OCC.